The second kappa shape index (κ2) is 6.47. The number of hydrogen-bond acceptors (Lipinski definition) is 3. The molecule has 1 rings (SSSR count). The predicted octanol–water partition coefficient (Wildman–Crippen LogP) is -2.34. The summed E-state index contributed by atoms with van der Waals surface area (Å²) in [6, 6.07) is 4.54. The van der Waals surface area contributed by atoms with E-state index in [1.807, 2.05) is 0 Å². The number of carbonyl (C=O) groups excluding carboxylic acids is 1. The Morgan fingerprint density at radius 1 is 1.29 bits per heavy atom. The fourth-order valence-electron chi connectivity index (χ4n) is 0.772. The fraction of sp³-hybridized carbons (Fsp3) is 0.125. The Hall–Kier alpha value is -0.0136. The standard InChI is InChI=1S/C8H6F2O3.K/c9-8(10)13-6-3-1-5(2-4-6)7(11)12;/h1-4,8H,(H,11,12);/q;+1/p-1. The van der Waals surface area contributed by atoms with Crippen LogP contribution < -0.4 is 61.2 Å². The van der Waals surface area contributed by atoms with Crippen molar-refractivity contribution in [2.45, 2.75) is 6.61 Å². The van der Waals surface area contributed by atoms with E-state index in [1.165, 1.54) is 0 Å². The maximum absolute atomic E-state index is 11.6. The van der Waals surface area contributed by atoms with Gasteiger partial charge in [0.2, 0.25) is 0 Å². The maximum Gasteiger partial charge on any atom is 1.00 e. The summed E-state index contributed by atoms with van der Waals surface area (Å²) in [5.41, 5.74) is -0.0818. The summed E-state index contributed by atoms with van der Waals surface area (Å²) in [4.78, 5) is 10.2. The molecule has 0 aliphatic rings. The van der Waals surface area contributed by atoms with E-state index in [1.54, 1.807) is 0 Å². The number of benzene rings is 1. The van der Waals surface area contributed by atoms with Gasteiger partial charge in [0.15, 0.2) is 0 Å². The van der Waals surface area contributed by atoms with E-state index < -0.39 is 12.6 Å². The summed E-state index contributed by atoms with van der Waals surface area (Å²) in [5.74, 6) is -1.44. The van der Waals surface area contributed by atoms with Crippen LogP contribution in [-0.2, 0) is 0 Å². The summed E-state index contributed by atoms with van der Waals surface area (Å²) in [6.07, 6.45) is 0. The van der Waals surface area contributed by atoms with Gasteiger partial charge < -0.3 is 14.6 Å². The van der Waals surface area contributed by atoms with Crippen LogP contribution in [-0.4, -0.2) is 12.6 Å². The molecule has 14 heavy (non-hydrogen) atoms. The van der Waals surface area contributed by atoms with E-state index in [0.717, 1.165) is 24.3 Å². The van der Waals surface area contributed by atoms with Crippen molar-refractivity contribution in [1.29, 1.82) is 0 Å². The summed E-state index contributed by atoms with van der Waals surface area (Å²) in [6.45, 7) is -2.91. The normalized spacial score (nSPS) is 9.36. The van der Waals surface area contributed by atoms with Crippen LogP contribution in [0.2, 0.25) is 0 Å². The molecule has 0 unspecified atom stereocenters. The van der Waals surface area contributed by atoms with Gasteiger partial charge in [-0.1, -0.05) is 0 Å². The number of alkyl halides is 2. The van der Waals surface area contributed by atoms with Gasteiger partial charge in [0, 0.05) is 0 Å². The van der Waals surface area contributed by atoms with E-state index in [9.17, 15) is 18.7 Å². The van der Waals surface area contributed by atoms with Crippen LogP contribution in [0.15, 0.2) is 24.3 Å². The van der Waals surface area contributed by atoms with Gasteiger partial charge in [-0.05, 0) is 29.8 Å². The molecule has 3 nitrogen and oxygen atoms in total. The molecule has 0 atom stereocenters. The Morgan fingerprint density at radius 3 is 2.14 bits per heavy atom. The zero-order chi connectivity index (χ0) is 9.84. The SMILES string of the molecule is O=C([O-])c1ccc(OC(F)F)cc1.[K+]. The second-order valence-electron chi connectivity index (χ2n) is 2.19. The predicted molar refractivity (Wildman–Crippen MR) is 37.4 cm³/mol. The van der Waals surface area contributed by atoms with Crippen LogP contribution in [0.1, 0.15) is 10.4 Å². The van der Waals surface area contributed by atoms with Crippen molar-refractivity contribution in [3.63, 3.8) is 0 Å². The van der Waals surface area contributed by atoms with Crippen LogP contribution in [0.25, 0.3) is 0 Å². The number of carboxylic acids is 1. The van der Waals surface area contributed by atoms with Crippen molar-refractivity contribution in [2.75, 3.05) is 0 Å². The first kappa shape index (κ1) is 14.0. The molecule has 70 valence electrons. The first-order valence-corrected chi connectivity index (χ1v) is 3.36. The third kappa shape index (κ3) is 4.47. The van der Waals surface area contributed by atoms with Gasteiger partial charge in [-0.3, -0.25) is 0 Å². The molecular formula is C8H5F2KO3. The minimum Gasteiger partial charge on any atom is -0.545 e. The minimum absolute atomic E-state index is 0. The van der Waals surface area contributed by atoms with Crippen LogP contribution in [0.4, 0.5) is 8.78 Å². The summed E-state index contributed by atoms with van der Waals surface area (Å²) in [7, 11) is 0. The number of halogens is 2. The molecule has 0 N–H and O–H groups in total. The molecule has 0 aromatic heterocycles. The van der Waals surface area contributed by atoms with Crippen molar-refractivity contribution < 1.29 is 74.8 Å². The first-order chi connectivity index (χ1) is 6.09. The second-order valence-corrected chi connectivity index (χ2v) is 2.19. The summed E-state index contributed by atoms with van der Waals surface area (Å²) >= 11 is 0. The van der Waals surface area contributed by atoms with Crippen molar-refractivity contribution in [2.24, 2.45) is 0 Å². The monoisotopic (exact) mass is 226 g/mol. The van der Waals surface area contributed by atoms with Crippen LogP contribution in [0, 0.1) is 0 Å². The largest absolute Gasteiger partial charge is 1.00 e. The Balaban J connectivity index is 0.00000169. The van der Waals surface area contributed by atoms with E-state index >= 15 is 0 Å². The average molecular weight is 226 g/mol. The molecule has 0 saturated heterocycles. The summed E-state index contributed by atoms with van der Waals surface area (Å²) in [5, 5.41) is 10.2. The number of aromatic carboxylic acids is 1. The number of carboxylic acid groups (broad SMARTS) is 1. The quantitative estimate of drug-likeness (QED) is 0.542. The molecule has 0 fully saturated rings. The van der Waals surface area contributed by atoms with Crippen LogP contribution in [0.3, 0.4) is 0 Å². The minimum atomic E-state index is -2.91. The molecule has 1 aromatic rings. The molecule has 6 heteroatoms. The van der Waals surface area contributed by atoms with Gasteiger partial charge in [-0.15, -0.1) is 0 Å². The van der Waals surface area contributed by atoms with Crippen LogP contribution >= 0.6 is 0 Å². The van der Waals surface area contributed by atoms with E-state index in [2.05, 4.69) is 4.74 Å². The topological polar surface area (TPSA) is 49.4 Å². The third-order valence-corrected chi connectivity index (χ3v) is 1.32. The molecule has 0 heterocycles. The Morgan fingerprint density at radius 2 is 1.79 bits per heavy atom. The molecule has 0 amide bonds. The number of rotatable bonds is 3. The van der Waals surface area contributed by atoms with Gasteiger partial charge >= 0.3 is 58.0 Å². The zero-order valence-corrected chi connectivity index (χ0v) is 10.5. The molecule has 0 aliphatic carbocycles. The van der Waals surface area contributed by atoms with E-state index in [4.69, 9.17) is 0 Å². The Bertz CT molecular complexity index is 300. The maximum atomic E-state index is 11.6. The molecule has 1 aromatic carbocycles. The number of hydrogen-bond donors (Lipinski definition) is 0. The molecule has 0 bridgehead atoms. The fourth-order valence-corrected chi connectivity index (χ4v) is 0.772. The van der Waals surface area contributed by atoms with Gasteiger partial charge in [-0.25, -0.2) is 0 Å². The zero-order valence-electron chi connectivity index (χ0n) is 7.37. The number of carbonyl (C=O) groups is 1. The van der Waals surface area contributed by atoms with Gasteiger partial charge in [0.1, 0.15) is 5.75 Å². The van der Waals surface area contributed by atoms with Crippen molar-refractivity contribution in [3.8, 4) is 5.75 Å². The van der Waals surface area contributed by atoms with Gasteiger partial charge in [0.25, 0.3) is 0 Å². The molecule has 0 radical (unpaired) electrons. The van der Waals surface area contributed by atoms with Crippen molar-refractivity contribution in [3.05, 3.63) is 29.8 Å². The molecule has 0 saturated carbocycles. The van der Waals surface area contributed by atoms with Crippen molar-refractivity contribution >= 4 is 5.97 Å². The Labute approximate surface area is 121 Å². The molecule has 0 spiro atoms. The average Bonchev–Trinajstić information content (AvgIpc) is 2.04. The molecular weight excluding hydrogens is 221 g/mol. The smallest absolute Gasteiger partial charge is 0.545 e. The third-order valence-electron chi connectivity index (χ3n) is 1.32. The van der Waals surface area contributed by atoms with Crippen LogP contribution in [0.5, 0.6) is 5.75 Å². The van der Waals surface area contributed by atoms with Crippen molar-refractivity contribution in [1.82, 2.24) is 0 Å². The first-order valence-electron chi connectivity index (χ1n) is 3.36. The van der Waals surface area contributed by atoms with Gasteiger partial charge in [-0.2, -0.15) is 8.78 Å². The van der Waals surface area contributed by atoms with Gasteiger partial charge in [0.05, 0.1) is 5.97 Å². The molecule has 0 aliphatic heterocycles. The Kier molecular flexibility index (Phi) is 6.46. The summed E-state index contributed by atoms with van der Waals surface area (Å²) < 4.78 is 27.3. The van der Waals surface area contributed by atoms with E-state index in [0.29, 0.717) is 0 Å². The van der Waals surface area contributed by atoms with E-state index in [-0.39, 0.29) is 62.7 Å². The number of ether oxygens (including phenoxy) is 1.